The molecule has 0 radical (unpaired) electrons. The van der Waals surface area contributed by atoms with E-state index in [-0.39, 0.29) is 11.3 Å². The van der Waals surface area contributed by atoms with Gasteiger partial charge in [0.05, 0.1) is 24.3 Å². The number of aromatic amines is 1. The van der Waals surface area contributed by atoms with Crippen LogP contribution in [0, 0.1) is 6.92 Å². The molecule has 0 saturated carbocycles. The van der Waals surface area contributed by atoms with E-state index in [4.69, 9.17) is 4.74 Å². The number of fused-ring (bicyclic) bond motifs is 1. The Labute approximate surface area is 140 Å². The van der Waals surface area contributed by atoms with E-state index in [2.05, 4.69) is 15.2 Å². The zero-order chi connectivity index (χ0) is 16.9. The molecule has 1 saturated heterocycles. The molecule has 0 atom stereocenters. The molecule has 24 heavy (non-hydrogen) atoms. The summed E-state index contributed by atoms with van der Waals surface area (Å²) in [5.41, 5.74) is 1.80. The zero-order valence-corrected chi connectivity index (χ0v) is 13.9. The largest absolute Gasteiger partial charge is 0.379 e. The van der Waals surface area contributed by atoms with Crippen LogP contribution < -0.4 is 10.7 Å². The van der Waals surface area contributed by atoms with Crippen LogP contribution in [0.5, 0.6) is 0 Å². The summed E-state index contributed by atoms with van der Waals surface area (Å²) in [5.74, 6) is -0.149. The van der Waals surface area contributed by atoms with Crippen LogP contribution in [0.4, 0.5) is 0 Å². The molecule has 0 aliphatic carbocycles. The van der Waals surface area contributed by atoms with Crippen molar-refractivity contribution in [2.45, 2.75) is 13.3 Å². The Kier molecular flexibility index (Phi) is 5.27. The van der Waals surface area contributed by atoms with Crippen molar-refractivity contribution in [1.29, 1.82) is 0 Å². The predicted octanol–water partition coefficient (Wildman–Crippen LogP) is 1.29. The second-order valence-corrected chi connectivity index (χ2v) is 6.11. The number of rotatable bonds is 5. The maximum atomic E-state index is 12.5. The van der Waals surface area contributed by atoms with Gasteiger partial charge >= 0.3 is 0 Å². The molecule has 1 aromatic carbocycles. The molecule has 0 unspecified atom stereocenters. The molecule has 1 fully saturated rings. The minimum absolute atomic E-state index is 0.0665. The number of hydrogen-bond acceptors (Lipinski definition) is 4. The number of H-pyrrole nitrogens is 1. The zero-order valence-electron chi connectivity index (χ0n) is 13.9. The molecule has 6 heteroatoms. The molecule has 0 bridgehead atoms. The Morgan fingerprint density at radius 3 is 2.92 bits per heavy atom. The summed E-state index contributed by atoms with van der Waals surface area (Å²) in [5, 5.41) is 3.49. The Balaban J connectivity index is 1.62. The van der Waals surface area contributed by atoms with E-state index in [1.165, 1.54) is 0 Å². The van der Waals surface area contributed by atoms with Crippen LogP contribution in [0.25, 0.3) is 10.9 Å². The van der Waals surface area contributed by atoms with Crippen LogP contribution in [0.3, 0.4) is 0 Å². The van der Waals surface area contributed by atoms with Crippen molar-refractivity contribution in [2.75, 3.05) is 39.4 Å². The number of aromatic nitrogens is 1. The minimum Gasteiger partial charge on any atom is -0.379 e. The third-order valence-electron chi connectivity index (χ3n) is 4.28. The van der Waals surface area contributed by atoms with Gasteiger partial charge in [-0.05, 0) is 32.0 Å². The van der Waals surface area contributed by atoms with Gasteiger partial charge in [0, 0.05) is 36.8 Å². The van der Waals surface area contributed by atoms with Crippen molar-refractivity contribution in [3.05, 3.63) is 45.7 Å². The summed E-state index contributed by atoms with van der Waals surface area (Å²) in [6, 6.07) is 6.78. The van der Waals surface area contributed by atoms with Gasteiger partial charge in [0.1, 0.15) is 0 Å². The van der Waals surface area contributed by atoms with Crippen LogP contribution >= 0.6 is 0 Å². The number of morpholine rings is 1. The molecule has 3 rings (SSSR count). The highest BCUT2D eigenvalue weighted by Gasteiger charge is 2.13. The summed E-state index contributed by atoms with van der Waals surface area (Å²) >= 11 is 0. The second kappa shape index (κ2) is 7.59. The third-order valence-corrected chi connectivity index (χ3v) is 4.28. The first kappa shape index (κ1) is 16.7. The summed E-state index contributed by atoms with van der Waals surface area (Å²) in [6.07, 6.45) is 0.895. The molecule has 1 aliphatic heterocycles. The highest BCUT2D eigenvalue weighted by molar-refractivity contribution is 6.05. The lowest BCUT2D eigenvalue weighted by molar-refractivity contribution is 0.0374. The number of nitrogens with zero attached hydrogens (tertiary/aromatic N) is 1. The van der Waals surface area contributed by atoms with E-state index in [1.54, 1.807) is 24.3 Å². The highest BCUT2D eigenvalue weighted by Crippen LogP contribution is 2.14. The van der Waals surface area contributed by atoms with Gasteiger partial charge in [0.15, 0.2) is 5.43 Å². The molecule has 6 nitrogen and oxygen atoms in total. The lowest BCUT2D eigenvalue weighted by Crippen LogP contribution is -2.38. The van der Waals surface area contributed by atoms with Gasteiger partial charge in [-0.3, -0.25) is 14.5 Å². The minimum atomic E-state index is -0.149. The molecule has 1 aromatic heterocycles. The number of para-hydroxylation sites is 1. The van der Waals surface area contributed by atoms with E-state index in [9.17, 15) is 9.59 Å². The van der Waals surface area contributed by atoms with E-state index in [1.807, 2.05) is 6.92 Å². The first-order chi connectivity index (χ1) is 11.6. The first-order valence-electron chi connectivity index (χ1n) is 8.36. The number of ether oxygens (including phenoxy) is 1. The van der Waals surface area contributed by atoms with Gasteiger partial charge in [-0.15, -0.1) is 0 Å². The van der Waals surface area contributed by atoms with E-state index in [0.717, 1.165) is 45.0 Å². The van der Waals surface area contributed by atoms with E-state index >= 15 is 0 Å². The number of amides is 1. The summed E-state index contributed by atoms with van der Waals surface area (Å²) in [4.78, 5) is 30.0. The fraction of sp³-hybridized carbons (Fsp3) is 0.444. The maximum Gasteiger partial charge on any atom is 0.253 e. The molecule has 2 aromatic rings. The van der Waals surface area contributed by atoms with Crippen LogP contribution in [0.1, 0.15) is 22.5 Å². The van der Waals surface area contributed by atoms with Crippen LogP contribution in [-0.2, 0) is 4.74 Å². The maximum absolute atomic E-state index is 12.5. The number of benzene rings is 1. The molecule has 2 heterocycles. The number of carbonyl (C=O) groups excluding carboxylic acids is 1. The molecule has 2 N–H and O–H groups in total. The smallest absolute Gasteiger partial charge is 0.253 e. The molecule has 128 valence electrons. The molecular weight excluding hydrogens is 306 g/mol. The van der Waals surface area contributed by atoms with Crippen LogP contribution in [0.2, 0.25) is 0 Å². The number of hydrogen-bond donors (Lipinski definition) is 2. The van der Waals surface area contributed by atoms with Crippen molar-refractivity contribution in [1.82, 2.24) is 15.2 Å². The lowest BCUT2D eigenvalue weighted by Gasteiger charge is -2.26. The third kappa shape index (κ3) is 3.83. The van der Waals surface area contributed by atoms with Crippen molar-refractivity contribution >= 4 is 16.8 Å². The van der Waals surface area contributed by atoms with E-state index < -0.39 is 0 Å². The topological polar surface area (TPSA) is 74.4 Å². The summed E-state index contributed by atoms with van der Waals surface area (Å²) in [6.45, 7) is 6.87. The van der Waals surface area contributed by atoms with Gasteiger partial charge in [-0.2, -0.15) is 0 Å². The highest BCUT2D eigenvalue weighted by atomic mass is 16.5. The van der Waals surface area contributed by atoms with Gasteiger partial charge in [-0.1, -0.05) is 6.07 Å². The fourth-order valence-corrected chi connectivity index (χ4v) is 3.01. The quantitative estimate of drug-likeness (QED) is 0.811. The summed E-state index contributed by atoms with van der Waals surface area (Å²) < 4.78 is 5.32. The van der Waals surface area contributed by atoms with Gasteiger partial charge in [0.2, 0.25) is 0 Å². The van der Waals surface area contributed by atoms with Gasteiger partial charge < -0.3 is 15.0 Å². The number of pyridine rings is 1. The average molecular weight is 329 g/mol. The Morgan fingerprint density at radius 1 is 1.33 bits per heavy atom. The monoisotopic (exact) mass is 329 g/mol. The normalized spacial score (nSPS) is 15.5. The van der Waals surface area contributed by atoms with E-state index in [0.29, 0.717) is 23.0 Å². The molecule has 1 aliphatic rings. The predicted molar refractivity (Wildman–Crippen MR) is 93.5 cm³/mol. The second-order valence-electron chi connectivity index (χ2n) is 6.11. The Bertz CT molecular complexity index is 779. The molecule has 1 amide bonds. The van der Waals surface area contributed by atoms with Crippen molar-refractivity contribution in [2.24, 2.45) is 0 Å². The number of carbonyl (C=O) groups is 1. The Hall–Kier alpha value is -2.18. The lowest BCUT2D eigenvalue weighted by atomic mass is 10.1. The van der Waals surface area contributed by atoms with Crippen LogP contribution in [0.15, 0.2) is 29.1 Å². The van der Waals surface area contributed by atoms with Gasteiger partial charge in [0.25, 0.3) is 5.91 Å². The first-order valence-corrected chi connectivity index (χ1v) is 8.36. The Morgan fingerprint density at radius 2 is 2.12 bits per heavy atom. The van der Waals surface area contributed by atoms with Crippen molar-refractivity contribution < 1.29 is 9.53 Å². The van der Waals surface area contributed by atoms with Gasteiger partial charge in [-0.25, -0.2) is 0 Å². The SMILES string of the molecule is Cc1cc(=O)c2cccc(C(=O)NCCCN3CCOCC3)c2[nH]1. The van der Waals surface area contributed by atoms with Crippen molar-refractivity contribution in [3.63, 3.8) is 0 Å². The summed E-state index contributed by atoms with van der Waals surface area (Å²) in [7, 11) is 0. The van der Waals surface area contributed by atoms with Crippen LogP contribution in [-0.4, -0.2) is 55.2 Å². The number of aryl methyl sites for hydroxylation is 1. The fourth-order valence-electron chi connectivity index (χ4n) is 3.01. The molecular formula is C18H23N3O3. The number of nitrogens with one attached hydrogen (secondary N) is 2. The standard InChI is InChI=1S/C18H23N3O3/c1-13-12-16(22)14-4-2-5-15(17(14)20-13)18(23)19-6-3-7-21-8-10-24-11-9-21/h2,4-5,12H,3,6-11H2,1H3,(H,19,23)(H,20,22). The van der Waals surface area contributed by atoms with Crippen molar-refractivity contribution in [3.8, 4) is 0 Å². The average Bonchev–Trinajstić information content (AvgIpc) is 2.59. The molecule has 0 spiro atoms.